The van der Waals surface area contributed by atoms with E-state index in [-0.39, 0.29) is 29.8 Å². The summed E-state index contributed by atoms with van der Waals surface area (Å²) < 4.78 is 11.7. The maximum Gasteiger partial charge on any atom is 0.173 e. The van der Waals surface area contributed by atoms with Crippen LogP contribution in [0.25, 0.3) is 5.57 Å². The van der Waals surface area contributed by atoms with Crippen LogP contribution in [0.1, 0.15) is 42.0 Å². The van der Waals surface area contributed by atoms with Gasteiger partial charge >= 0.3 is 0 Å². The van der Waals surface area contributed by atoms with E-state index in [0.29, 0.717) is 0 Å². The minimum Gasteiger partial charge on any atom is -0.500 e. The third kappa shape index (κ3) is 1.99. The highest BCUT2D eigenvalue weighted by molar-refractivity contribution is 6.26. The maximum atomic E-state index is 13.2. The van der Waals surface area contributed by atoms with Crippen molar-refractivity contribution in [1.29, 1.82) is 0 Å². The van der Waals surface area contributed by atoms with Crippen LogP contribution in [-0.4, -0.2) is 25.1 Å². The zero-order valence-electron chi connectivity index (χ0n) is 14.6. The number of Topliss-reactive ketones (excluding diaryl/α,β-unsaturated/α-hetero) is 1. The Balaban J connectivity index is 1.87. The topological polar surface area (TPSA) is 35.5 Å². The molecule has 0 radical (unpaired) electrons. The molecule has 3 heteroatoms. The largest absolute Gasteiger partial charge is 0.500 e. The number of allylic oxidation sites excluding steroid dienone is 1. The maximum absolute atomic E-state index is 13.2. The van der Waals surface area contributed by atoms with Crippen LogP contribution in [0.4, 0.5) is 0 Å². The number of fused-ring (bicyclic) bond motifs is 5. The summed E-state index contributed by atoms with van der Waals surface area (Å²) in [5.41, 5.74) is 4.95. The van der Waals surface area contributed by atoms with E-state index in [1.807, 2.05) is 6.92 Å². The molecule has 1 aliphatic carbocycles. The molecule has 1 aromatic rings. The van der Waals surface area contributed by atoms with Crippen LogP contribution >= 0.6 is 0 Å². The van der Waals surface area contributed by atoms with E-state index in [1.165, 1.54) is 0 Å². The molecule has 1 aromatic carbocycles. The highest BCUT2D eigenvalue weighted by Gasteiger charge is 2.59. The fourth-order valence-electron chi connectivity index (χ4n) is 4.86. The van der Waals surface area contributed by atoms with E-state index in [2.05, 4.69) is 37.8 Å². The van der Waals surface area contributed by atoms with Crippen LogP contribution in [0.15, 0.2) is 17.9 Å². The number of carbonyl (C=O) groups is 1. The second kappa shape index (κ2) is 5.50. The van der Waals surface area contributed by atoms with Crippen molar-refractivity contribution >= 4 is 11.4 Å². The first-order chi connectivity index (χ1) is 11.6. The summed E-state index contributed by atoms with van der Waals surface area (Å²) in [6.07, 6.45) is 2.23. The summed E-state index contributed by atoms with van der Waals surface area (Å²) in [4.78, 5) is 13.2. The molecule has 2 bridgehead atoms. The van der Waals surface area contributed by atoms with Gasteiger partial charge in [0.1, 0.15) is 5.76 Å². The summed E-state index contributed by atoms with van der Waals surface area (Å²) in [6.45, 7) is 5.94. The van der Waals surface area contributed by atoms with Crippen molar-refractivity contribution in [3.8, 4) is 11.8 Å². The average Bonchev–Trinajstić information content (AvgIpc) is 3.20. The lowest BCUT2D eigenvalue weighted by Crippen LogP contribution is -2.29. The third-order valence-electron chi connectivity index (χ3n) is 5.64. The number of rotatable bonds is 2. The Bertz CT molecular complexity index is 798. The lowest BCUT2D eigenvalue weighted by Gasteiger charge is -2.21. The van der Waals surface area contributed by atoms with Crippen LogP contribution in [0.5, 0.6) is 0 Å². The molecule has 2 fully saturated rings. The van der Waals surface area contributed by atoms with Crippen molar-refractivity contribution < 1.29 is 14.3 Å². The van der Waals surface area contributed by atoms with Crippen molar-refractivity contribution in [3.05, 3.63) is 40.1 Å². The summed E-state index contributed by atoms with van der Waals surface area (Å²) in [5.74, 6) is 7.12. The molecule has 2 saturated heterocycles. The molecule has 3 nitrogen and oxygen atoms in total. The van der Waals surface area contributed by atoms with Crippen molar-refractivity contribution in [2.24, 2.45) is 11.8 Å². The molecular formula is C21H22O3. The standard InChI is InChI=1S/C21H22O3/c1-5-6-13-9-11(2)16(12(3)10-13)19-20(22)17-14-7-8-15(24-14)18(17)21(19)23-4/h9-10,14-15,17-18H,7-8H2,1-4H3/t14-,15+,17?,18?/m0/s1. The van der Waals surface area contributed by atoms with Crippen LogP contribution in [0, 0.1) is 37.5 Å². The Morgan fingerprint density at radius 2 is 1.75 bits per heavy atom. The van der Waals surface area contributed by atoms with Gasteiger partial charge in [-0.25, -0.2) is 0 Å². The van der Waals surface area contributed by atoms with Crippen molar-refractivity contribution in [1.82, 2.24) is 0 Å². The highest BCUT2D eigenvalue weighted by Crippen LogP contribution is 2.54. The van der Waals surface area contributed by atoms with Crippen molar-refractivity contribution in [3.63, 3.8) is 0 Å². The van der Waals surface area contributed by atoms with Crippen LogP contribution in [-0.2, 0) is 14.3 Å². The molecular weight excluding hydrogens is 300 g/mol. The number of aryl methyl sites for hydroxylation is 2. The van der Waals surface area contributed by atoms with Gasteiger partial charge in [0, 0.05) is 5.56 Å². The van der Waals surface area contributed by atoms with Gasteiger partial charge in [0.05, 0.1) is 36.7 Å². The summed E-state index contributed by atoms with van der Waals surface area (Å²) in [6, 6.07) is 4.12. The van der Waals surface area contributed by atoms with Crippen LogP contribution in [0.3, 0.4) is 0 Å². The molecule has 24 heavy (non-hydrogen) atoms. The minimum absolute atomic E-state index is 0.0531. The number of benzene rings is 1. The molecule has 4 rings (SSSR count). The number of carbonyl (C=O) groups excluding carboxylic acids is 1. The van der Waals surface area contributed by atoms with E-state index < -0.39 is 0 Å². The molecule has 4 atom stereocenters. The van der Waals surface area contributed by atoms with Gasteiger partial charge in [0.15, 0.2) is 5.78 Å². The smallest absolute Gasteiger partial charge is 0.173 e. The number of ketones is 1. The Kier molecular flexibility index (Phi) is 3.54. The molecule has 0 aromatic heterocycles. The van der Waals surface area contributed by atoms with Gasteiger partial charge in [-0.05, 0) is 62.4 Å². The monoisotopic (exact) mass is 322 g/mol. The number of hydrogen-bond donors (Lipinski definition) is 0. The highest BCUT2D eigenvalue weighted by atomic mass is 16.5. The molecule has 0 spiro atoms. The Labute approximate surface area is 143 Å². The van der Waals surface area contributed by atoms with Gasteiger partial charge in [-0.15, -0.1) is 5.92 Å². The van der Waals surface area contributed by atoms with Crippen molar-refractivity contribution in [2.45, 2.75) is 45.8 Å². The summed E-state index contributed by atoms with van der Waals surface area (Å²) in [7, 11) is 1.68. The predicted octanol–water partition coefficient (Wildman–Crippen LogP) is 3.41. The van der Waals surface area contributed by atoms with Gasteiger partial charge in [-0.2, -0.15) is 0 Å². The first-order valence-electron chi connectivity index (χ1n) is 8.59. The fourth-order valence-corrected chi connectivity index (χ4v) is 4.86. The zero-order valence-corrected chi connectivity index (χ0v) is 14.6. The quantitative estimate of drug-likeness (QED) is 0.783. The number of ether oxygens (including phenoxy) is 2. The molecule has 0 amide bonds. The zero-order chi connectivity index (χ0) is 17.0. The normalized spacial score (nSPS) is 30.4. The van der Waals surface area contributed by atoms with E-state index in [1.54, 1.807) is 7.11 Å². The number of methoxy groups -OCH3 is 1. The minimum atomic E-state index is -0.0531. The first-order valence-corrected chi connectivity index (χ1v) is 8.59. The second-order valence-corrected chi connectivity index (χ2v) is 7.01. The molecule has 0 N–H and O–H groups in total. The fraction of sp³-hybridized carbons (Fsp3) is 0.476. The third-order valence-corrected chi connectivity index (χ3v) is 5.64. The molecule has 3 aliphatic rings. The molecule has 2 heterocycles. The van der Waals surface area contributed by atoms with Crippen LogP contribution < -0.4 is 0 Å². The van der Waals surface area contributed by atoms with E-state index in [9.17, 15) is 4.79 Å². The van der Waals surface area contributed by atoms with E-state index >= 15 is 0 Å². The Hall–Kier alpha value is -2.05. The van der Waals surface area contributed by atoms with Gasteiger partial charge < -0.3 is 9.47 Å². The van der Waals surface area contributed by atoms with E-state index in [0.717, 1.165) is 46.4 Å². The van der Waals surface area contributed by atoms with Crippen molar-refractivity contribution in [2.75, 3.05) is 7.11 Å². The molecule has 2 unspecified atom stereocenters. The Morgan fingerprint density at radius 1 is 1.12 bits per heavy atom. The second-order valence-electron chi connectivity index (χ2n) is 7.01. The van der Waals surface area contributed by atoms with Gasteiger partial charge in [0.25, 0.3) is 0 Å². The summed E-state index contributed by atoms with van der Waals surface area (Å²) in [5, 5.41) is 0. The average molecular weight is 322 g/mol. The molecule has 124 valence electrons. The molecule has 2 aliphatic heterocycles. The van der Waals surface area contributed by atoms with Crippen LogP contribution in [0.2, 0.25) is 0 Å². The predicted molar refractivity (Wildman–Crippen MR) is 92.3 cm³/mol. The number of hydrogen-bond acceptors (Lipinski definition) is 3. The molecule has 0 saturated carbocycles. The van der Waals surface area contributed by atoms with Gasteiger partial charge in [-0.3, -0.25) is 4.79 Å². The lowest BCUT2D eigenvalue weighted by atomic mass is 9.80. The first kappa shape index (κ1) is 15.5. The summed E-state index contributed by atoms with van der Waals surface area (Å²) >= 11 is 0. The lowest BCUT2D eigenvalue weighted by molar-refractivity contribution is -0.118. The van der Waals surface area contributed by atoms with E-state index in [4.69, 9.17) is 9.47 Å². The van der Waals surface area contributed by atoms with Gasteiger partial charge in [-0.1, -0.05) is 5.92 Å². The van der Waals surface area contributed by atoms with Gasteiger partial charge in [0.2, 0.25) is 0 Å². The SMILES string of the molecule is CC#Cc1cc(C)c(C2=C(OC)C3C(C2=O)[C@@H]2CC[C@H]3O2)c(C)c1. The Morgan fingerprint density at radius 3 is 2.33 bits per heavy atom.